The number of ketones is 1. The van der Waals surface area contributed by atoms with E-state index in [1.165, 1.54) is 41.5 Å². The number of hydrogen-bond acceptors (Lipinski definition) is 6. The monoisotopic (exact) mass is 440 g/mol. The lowest BCUT2D eigenvalue weighted by molar-refractivity contribution is -0.129. The van der Waals surface area contributed by atoms with Gasteiger partial charge in [0.1, 0.15) is 11.6 Å². The van der Waals surface area contributed by atoms with Gasteiger partial charge in [-0.05, 0) is 48.4 Å². The van der Waals surface area contributed by atoms with E-state index in [1.807, 2.05) is 0 Å². The van der Waals surface area contributed by atoms with Gasteiger partial charge in [-0.1, -0.05) is 12.1 Å². The van der Waals surface area contributed by atoms with Gasteiger partial charge in [0.25, 0.3) is 5.91 Å². The number of allylic oxidation sites excluding steroid dienone is 1. The molecule has 2 aliphatic rings. The Balaban J connectivity index is 1.57. The first-order valence-corrected chi connectivity index (χ1v) is 10.6. The van der Waals surface area contributed by atoms with Crippen LogP contribution in [0.5, 0.6) is 0 Å². The lowest BCUT2D eigenvalue weighted by atomic mass is 9.95. The third-order valence-corrected chi connectivity index (χ3v) is 5.65. The number of hydrogen-bond donors (Lipinski definition) is 1. The Bertz CT molecular complexity index is 1020. The minimum atomic E-state index is -0.864. The molecule has 4 rings (SSSR count). The molecular weight excluding hydrogens is 415 g/mol. The number of benzene rings is 1. The molecule has 1 aromatic heterocycles. The van der Waals surface area contributed by atoms with Crippen LogP contribution in [0.2, 0.25) is 0 Å². The first-order chi connectivity index (χ1) is 15.5. The minimum absolute atomic E-state index is 0.0604. The van der Waals surface area contributed by atoms with Crippen LogP contribution in [0, 0.1) is 5.82 Å². The van der Waals surface area contributed by atoms with Gasteiger partial charge in [0.05, 0.1) is 31.1 Å². The van der Waals surface area contributed by atoms with Crippen LogP contribution in [-0.2, 0) is 14.3 Å². The second-order valence-electron chi connectivity index (χ2n) is 7.74. The van der Waals surface area contributed by atoms with Crippen LogP contribution in [0.3, 0.4) is 0 Å². The average Bonchev–Trinajstić information content (AvgIpc) is 3.40. The van der Waals surface area contributed by atoms with Crippen molar-refractivity contribution in [2.45, 2.75) is 12.5 Å². The van der Waals surface area contributed by atoms with Crippen molar-refractivity contribution in [3.8, 4) is 0 Å². The molecule has 1 aromatic carbocycles. The highest BCUT2D eigenvalue weighted by Crippen LogP contribution is 2.38. The molecule has 1 N–H and O–H groups in total. The van der Waals surface area contributed by atoms with Crippen molar-refractivity contribution in [1.29, 1.82) is 0 Å². The van der Waals surface area contributed by atoms with E-state index in [4.69, 9.17) is 9.15 Å². The SMILES string of the molecule is O=C(C=Cc1ccco1)C1=C(O)C(=O)N(CCCN2CCOCC2)C1c1cccc(F)c1. The molecule has 2 aromatic rings. The number of halogens is 1. The molecule has 8 heteroatoms. The maximum Gasteiger partial charge on any atom is 0.290 e. The van der Waals surface area contributed by atoms with E-state index in [2.05, 4.69) is 4.90 Å². The molecule has 0 saturated carbocycles. The van der Waals surface area contributed by atoms with E-state index in [-0.39, 0.29) is 5.57 Å². The number of ether oxygens (including phenoxy) is 1. The van der Waals surface area contributed by atoms with E-state index in [1.54, 1.807) is 18.2 Å². The third kappa shape index (κ3) is 4.81. The zero-order valence-electron chi connectivity index (χ0n) is 17.6. The quantitative estimate of drug-likeness (QED) is 0.635. The predicted molar refractivity (Wildman–Crippen MR) is 115 cm³/mol. The molecule has 32 heavy (non-hydrogen) atoms. The normalized spacial score (nSPS) is 20.0. The van der Waals surface area contributed by atoms with E-state index in [0.29, 0.717) is 37.5 Å². The molecule has 1 saturated heterocycles. The maximum atomic E-state index is 14.0. The Morgan fingerprint density at radius 2 is 2.00 bits per heavy atom. The highest BCUT2D eigenvalue weighted by Gasteiger charge is 2.42. The Labute approximate surface area is 185 Å². The topological polar surface area (TPSA) is 83.2 Å². The van der Waals surface area contributed by atoms with Gasteiger partial charge >= 0.3 is 0 Å². The molecule has 1 unspecified atom stereocenters. The average molecular weight is 440 g/mol. The highest BCUT2D eigenvalue weighted by atomic mass is 19.1. The summed E-state index contributed by atoms with van der Waals surface area (Å²) in [6.45, 7) is 4.08. The molecule has 1 fully saturated rings. The van der Waals surface area contributed by atoms with Crippen LogP contribution < -0.4 is 0 Å². The molecule has 7 nitrogen and oxygen atoms in total. The second-order valence-corrected chi connectivity index (χ2v) is 7.74. The van der Waals surface area contributed by atoms with E-state index in [0.717, 1.165) is 19.6 Å². The van der Waals surface area contributed by atoms with Crippen LogP contribution in [-0.4, -0.2) is 66.0 Å². The highest BCUT2D eigenvalue weighted by molar-refractivity contribution is 6.14. The third-order valence-electron chi connectivity index (χ3n) is 5.65. The molecule has 0 spiro atoms. The number of carbonyl (C=O) groups is 2. The van der Waals surface area contributed by atoms with Gasteiger partial charge in [-0.3, -0.25) is 14.5 Å². The molecule has 0 bridgehead atoms. The van der Waals surface area contributed by atoms with Gasteiger partial charge in [-0.2, -0.15) is 0 Å². The summed E-state index contributed by atoms with van der Waals surface area (Å²) in [6, 6.07) is 8.26. The molecule has 3 heterocycles. The van der Waals surface area contributed by atoms with Gasteiger partial charge in [0, 0.05) is 26.2 Å². The smallest absolute Gasteiger partial charge is 0.290 e. The summed E-state index contributed by atoms with van der Waals surface area (Å²) in [6.07, 6.45) is 4.85. The lowest BCUT2D eigenvalue weighted by Crippen LogP contribution is -2.39. The van der Waals surface area contributed by atoms with Crippen LogP contribution >= 0.6 is 0 Å². The minimum Gasteiger partial charge on any atom is -0.503 e. The number of nitrogens with zero attached hydrogens (tertiary/aromatic N) is 2. The first-order valence-electron chi connectivity index (χ1n) is 10.6. The number of rotatable bonds is 8. The van der Waals surface area contributed by atoms with Crippen molar-refractivity contribution >= 4 is 17.8 Å². The zero-order chi connectivity index (χ0) is 22.5. The van der Waals surface area contributed by atoms with Gasteiger partial charge in [0.2, 0.25) is 0 Å². The molecule has 168 valence electrons. The summed E-state index contributed by atoms with van der Waals surface area (Å²) < 4.78 is 24.5. The van der Waals surface area contributed by atoms with Gasteiger partial charge in [-0.25, -0.2) is 4.39 Å². The molecule has 1 atom stereocenters. The van der Waals surface area contributed by atoms with E-state index < -0.39 is 29.3 Å². The molecular formula is C24H25FN2O5. The summed E-state index contributed by atoms with van der Waals surface area (Å²) in [5.74, 6) is -1.77. The molecule has 2 aliphatic heterocycles. The summed E-state index contributed by atoms with van der Waals surface area (Å²) in [7, 11) is 0. The van der Waals surface area contributed by atoms with Gasteiger partial charge in [-0.15, -0.1) is 0 Å². The fourth-order valence-electron chi connectivity index (χ4n) is 4.08. The van der Waals surface area contributed by atoms with Gasteiger partial charge < -0.3 is 19.2 Å². The second kappa shape index (κ2) is 9.93. The number of amides is 1. The van der Waals surface area contributed by atoms with E-state index in [9.17, 15) is 19.1 Å². The molecule has 0 radical (unpaired) electrons. The van der Waals surface area contributed by atoms with Gasteiger partial charge in [0.15, 0.2) is 11.5 Å². The van der Waals surface area contributed by atoms with Crippen molar-refractivity contribution in [2.75, 3.05) is 39.4 Å². The van der Waals surface area contributed by atoms with Crippen molar-refractivity contribution in [3.05, 3.63) is 77.2 Å². The van der Waals surface area contributed by atoms with Crippen molar-refractivity contribution in [1.82, 2.24) is 9.80 Å². The molecule has 0 aliphatic carbocycles. The predicted octanol–water partition coefficient (Wildman–Crippen LogP) is 3.12. The molecule has 1 amide bonds. The fraction of sp³-hybridized carbons (Fsp3) is 0.333. The van der Waals surface area contributed by atoms with Crippen molar-refractivity contribution in [3.63, 3.8) is 0 Å². The van der Waals surface area contributed by atoms with Crippen molar-refractivity contribution in [2.24, 2.45) is 0 Å². The lowest BCUT2D eigenvalue weighted by Gasteiger charge is -2.29. The van der Waals surface area contributed by atoms with Crippen molar-refractivity contribution < 1.29 is 28.2 Å². The maximum absolute atomic E-state index is 14.0. The van der Waals surface area contributed by atoms with Crippen LogP contribution in [0.4, 0.5) is 4.39 Å². The summed E-state index contributed by atoms with van der Waals surface area (Å²) in [4.78, 5) is 29.6. The standard InChI is InChI=1S/C24H25FN2O5/c25-18-5-1-4-17(16-18)22-21(20(28)8-7-19-6-2-13-32-19)23(29)24(30)27(22)10-3-9-26-11-14-31-15-12-26/h1-2,4-8,13,16,22,29H,3,9-12,14-15H2. The Morgan fingerprint density at radius 3 is 2.72 bits per heavy atom. The Morgan fingerprint density at radius 1 is 1.19 bits per heavy atom. The first kappa shape index (κ1) is 22.0. The largest absolute Gasteiger partial charge is 0.503 e. The number of aliphatic hydroxyl groups excluding tert-OH is 1. The summed E-state index contributed by atoms with van der Waals surface area (Å²) in [5.41, 5.74) is 0.373. The van der Waals surface area contributed by atoms with Crippen LogP contribution in [0.15, 0.2) is 64.5 Å². The number of aliphatic hydroxyl groups is 1. The fourth-order valence-corrected chi connectivity index (χ4v) is 4.08. The zero-order valence-corrected chi connectivity index (χ0v) is 17.6. The number of furan rings is 1. The van der Waals surface area contributed by atoms with Crippen LogP contribution in [0.1, 0.15) is 23.8 Å². The van der Waals surface area contributed by atoms with E-state index >= 15 is 0 Å². The van der Waals surface area contributed by atoms with Crippen LogP contribution in [0.25, 0.3) is 6.08 Å². The Hall–Kier alpha value is -3.23. The number of morpholine rings is 1. The summed E-state index contributed by atoms with van der Waals surface area (Å²) >= 11 is 0. The number of carbonyl (C=O) groups excluding carboxylic acids is 2. The summed E-state index contributed by atoms with van der Waals surface area (Å²) in [5, 5.41) is 10.6. The Kier molecular flexibility index (Phi) is 6.82.